The van der Waals surface area contributed by atoms with Crippen LogP contribution in [0.3, 0.4) is 0 Å². The first-order valence-electron chi connectivity index (χ1n) is 9.99. The molecule has 2 aromatic carbocycles. The lowest BCUT2D eigenvalue weighted by Crippen LogP contribution is -2.24. The number of nitrogens with zero attached hydrogens (tertiary/aromatic N) is 1. The number of rotatable bonds is 5. The summed E-state index contributed by atoms with van der Waals surface area (Å²) in [7, 11) is 0. The molecule has 1 heterocycles. The predicted molar refractivity (Wildman–Crippen MR) is 107 cm³/mol. The summed E-state index contributed by atoms with van der Waals surface area (Å²) in [4.78, 5) is 15.3. The zero-order valence-corrected chi connectivity index (χ0v) is 15.4. The molecule has 0 unspecified atom stereocenters. The molecule has 1 N–H and O–H groups in total. The molecule has 0 bridgehead atoms. The van der Waals surface area contributed by atoms with Crippen LogP contribution in [0.25, 0.3) is 0 Å². The fourth-order valence-electron chi connectivity index (χ4n) is 4.30. The molecule has 1 aliphatic heterocycles. The number of carbonyl (C=O) groups excluding carboxylic acids is 1. The molecule has 3 nitrogen and oxygen atoms in total. The molecule has 1 amide bonds. The van der Waals surface area contributed by atoms with Crippen molar-refractivity contribution in [1.29, 1.82) is 0 Å². The monoisotopic (exact) mass is 348 g/mol. The molecule has 2 aromatic rings. The minimum Gasteiger partial charge on any atom is -0.326 e. The topological polar surface area (TPSA) is 32.3 Å². The van der Waals surface area contributed by atoms with E-state index in [9.17, 15) is 4.79 Å². The van der Waals surface area contributed by atoms with Crippen molar-refractivity contribution in [2.45, 2.75) is 44.4 Å². The Hall–Kier alpha value is -2.13. The van der Waals surface area contributed by atoms with Crippen molar-refractivity contribution in [1.82, 2.24) is 4.90 Å². The molecule has 0 radical (unpaired) electrons. The van der Waals surface area contributed by atoms with Crippen LogP contribution in [0.5, 0.6) is 0 Å². The van der Waals surface area contributed by atoms with E-state index in [1.165, 1.54) is 42.6 Å². The molecule has 0 saturated carbocycles. The molecule has 0 spiro atoms. The summed E-state index contributed by atoms with van der Waals surface area (Å²) in [6, 6.07) is 16.8. The Morgan fingerprint density at radius 3 is 2.58 bits per heavy atom. The van der Waals surface area contributed by atoms with Gasteiger partial charge in [-0.15, -0.1) is 0 Å². The summed E-state index contributed by atoms with van der Waals surface area (Å²) in [6.07, 6.45) is 6.89. The third kappa shape index (κ3) is 3.99. The average Bonchev–Trinajstić information content (AvgIpc) is 3.20. The highest BCUT2D eigenvalue weighted by Gasteiger charge is 2.26. The lowest BCUT2D eigenvalue weighted by atomic mass is 9.82. The van der Waals surface area contributed by atoms with E-state index < -0.39 is 0 Å². The highest BCUT2D eigenvalue weighted by molar-refractivity contribution is 5.96. The zero-order chi connectivity index (χ0) is 17.8. The van der Waals surface area contributed by atoms with E-state index in [-0.39, 0.29) is 11.8 Å². The van der Waals surface area contributed by atoms with Gasteiger partial charge in [0.2, 0.25) is 5.91 Å². The lowest BCUT2D eigenvalue weighted by molar-refractivity contribution is -0.117. The third-order valence-corrected chi connectivity index (χ3v) is 5.82. The molecule has 1 saturated heterocycles. The van der Waals surface area contributed by atoms with Crippen molar-refractivity contribution >= 4 is 11.6 Å². The first-order valence-corrected chi connectivity index (χ1v) is 9.99. The molecule has 1 fully saturated rings. The van der Waals surface area contributed by atoms with Crippen molar-refractivity contribution in [2.75, 3.05) is 25.0 Å². The van der Waals surface area contributed by atoms with Crippen molar-refractivity contribution < 1.29 is 4.79 Å². The molecule has 0 aromatic heterocycles. The van der Waals surface area contributed by atoms with E-state index in [1.807, 2.05) is 18.2 Å². The second kappa shape index (κ2) is 8.05. The van der Waals surface area contributed by atoms with Gasteiger partial charge in [-0.1, -0.05) is 36.4 Å². The Morgan fingerprint density at radius 2 is 1.77 bits per heavy atom. The molecule has 4 rings (SSSR count). The predicted octanol–water partition coefficient (Wildman–Crippen LogP) is 4.38. The Balaban J connectivity index is 1.36. The number of fused-ring (bicyclic) bond motifs is 1. The van der Waals surface area contributed by atoms with Crippen LogP contribution < -0.4 is 5.32 Å². The molecule has 136 valence electrons. The SMILES string of the molecule is O=C(Nc1ccc(CCN2CCCC2)cc1)[C@H]1CCCc2ccccc21. The fraction of sp³-hybridized carbons (Fsp3) is 0.435. The summed E-state index contributed by atoms with van der Waals surface area (Å²) in [5.41, 5.74) is 4.79. The number of aryl methyl sites for hydroxylation is 1. The van der Waals surface area contributed by atoms with Gasteiger partial charge < -0.3 is 10.2 Å². The maximum absolute atomic E-state index is 12.8. The maximum atomic E-state index is 12.8. The molecule has 1 aliphatic carbocycles. The van der Waals surface area contributed by atoms with Crippen molar-refractivity contribution in [3.8, 4) is 0 Å². The molecule has 3 heteroatoms. The minimum absolute atomic E-state index is 0.0187. The second-order valence-corrected chi connectivity index (χ2v) is 7.63. The van der Waals surface area contributed by atoms with Gasteiger partial charge in [-0.05, 0) is 80.4 Å². The van der Waals surface area contributed by atoms with E-state index in [0.29, 0.717) is 0 Å². The van der Waals surface area contributed by atoms with Gasteiger partial charge in [-0.3, -0.25) is 4.79 Å². The average molecular weight is 348 g/mol. The summed E-state index contributed by atoms with van der Waals surface area (Å²) in [6.45, 7) is 3.64. The number of amides is 1. The van der Waals surface area contributed by atoms with E-state index in [0.717, 1.165) is 37.9 Å². The number of likely N-dealkylation sites (tertiary alicyclic amines) is 1. The lowest BCUT2D eigenvalue weighted by Gasteiger charge is -2.24. The van der Waals surface area contributed by atoms with Crippen molar-refractivity contribution in [3.05, 3.63) is 65.2 Å². The largest absolute Gasteiger partial charge is 0.326 e. The Morgan fingerprint density at radius 1 is 1.00 bits per heavy atom. The summed E-state index contributed by atoms with van der Waals surface area (Å²) >= 11 is 0. The number of hydrogen-bond donors (Lipinski definition) is 1. The van der Waals surface area contributed by atoms with E-state index in [4.69, 9.17) is 0 Å². The van der Waals surface area contributed by atoms with E-state index >= 15 is 0 Å². The van der Waals surface area contributed by atoms with Crippen LogP contribution in [0.15, 0.2) is 48.5 Å². The number of benzene rings is 2. The van der Waals surface area contributed by atoms with Crippen LogP contribution in [0, 0.1) is 0 Å². The Bertz CT molecular complexity index is 747. The highest BCUT2D eigenvalue weighted by Crippen LogP contribution is 2.32. The van der Waals surface area contributed by atoms with Gasteiger partial charge in [0.15, 0.2) is 0 Å². The van der Waals surface area contributed by atoms with Crippen molar-refractivity contribution in [2.24, 2.45) is 0 Å². The van der Waals surface area contributed by atoms with Crippen LogP contribution in [0.2, 0.25) is 0 Å². The normalized spacial score (nSPS) is 19.9. The Kier molecular flexibility index (Phi) is 5.35. The molecule has 1 atom stereocenters. The van der Waals surface area contributed by atoms with Crippen LogP contribution >= 0.6 is 0 Å². The number of carbonyl (C=O) groups is 1. The molecule has 26 heavy (non-hydrogen) atoms. The zero-order valence-electron chi connectivity index (χ0n) is 15.4. The minimum atomic E-state index is -0.0187. The van der Waals surface area contributed by atoms with Gasteiger partial charge >= 0.3 is 0 Å². The summed E-state index contributed by atoms with van der Waals surface area (Å²) < 4.78 is 0. The van der Waals surface area contributed by atoms with Gasteiger partial charge in [0, 0.05) is 12.2 Å². The molecule has 2 aliphatic rings. The van der Waals surface area contributed by atoms with Crippen LogP contribution in [0.1, 0.15) is 48.3 Å². The smallest absolute Gasteiger partial charge is 0.231 e. The van der Waals surface area contributed by atoms with Gasteiger partial charge in [0.25, 0.3) is 0 Å². The van der Waals surface area contributed by atoms with Crippen molar-refractivity contribution in [3.63, 3.8) is 0 Å². The first-order chi connectivity index (χ1) is 12.8. The van der Waals surface area contributed by atoms with Gasteiger partial charge in [0.1, 0.15) is 0 Å². The summed E-state index contributed by atoms with van der Waals surface area (Å²) in [5.74, 6) is 0.108. The maximum Gasteiger partial charge on any atom is 0.231 e. The molecular weight excluding hydrogens is 320 g/mol. The number of hydrogen-bond acceptors (Lipinski definition) is 2. The number of anilines is 1. The standard InChI is InChI=1S/C23H28N2O/c26-23(22-9-5-7-19-6-1-2-8-21(19)22)24-20-12-10-18(11-13-20)14-17-25-15-3-4-16-25/h1-2,6,8,10-13,22H,3-5,7,9,14-17H2,(H,24,26)/t22-/m0/s1. The van der Waals surface area contributed by atoms with Crippen LogP contribution in [-0.2, 0) is 17.6 Å². The van der Waals surface area contributed by atoms with Crippen LogP contribution in [0.4, 0.5) is 5.69 Å². The van der Waals surface area contributed by atoms with E-state index in [1.54, 1.807) is 0 Å². The van der Waals surface area contributed by atoms with Crippen LogP contribution in [-0.4, -0.2) is 30.4 Å². The first kappa shape index (κ1) is 17.3. The van der Waals surface area contributed by atoms with E-state index in [2.05, 4.69) is 40.5 Å². The fourth-order valence-corrected chi connectivity index (χ4v) is 4.30. The highest BCUT2D eigenvalue weighted by atomic mass is 16.1. The number of nitrogens with one attached hydrogen (secondary N) is 1. The molecular formula is C23H28N2O. The quantitative estimate of drug-likeness (QED) is 0.869. The second-order valence-electron chi connectivity index (χ2n) is 7.63. The Labute approximate surface area is 156 Å². The third-order valence-electron chi connectivity index (χ3n) is 5.82. The van der Waals surface area contributed by atoms with Gasteiger partial charge in [0.05, 0.1) is 5.92 Å². The van der Waals surface area contributed by atoms with Gasteiger partial charge in [-0.25, -0.2) is 0 Å². The van der Waals surface area contributed by atoms with Gasteiger partial charge in [-0.2, -0.15) is 0 Å². The summed E-state index contributed by atoms with van der Waals surface area (Å²) in [5, 5.41) is 3.13.